The number of hydrogen-bond donors (Lipinski definition) is 2. The lowest BCUT2D eigenvalue weighted by Gasteiger charge is -2.28. The predicted molar refractivity (Wildman–Crippen MR) is 145 cm³/mol. The first kappa shape index (κ1) is 25.7. The van der Waals surface area contributed by atoms with Crippen molar-refractivity contribution >= 4 is 34.1 Å². The highest BCUT2D eigenvalue weighted by atomic mass is 35.5. The van der Waals surface area contributed by atoms with Crippen LogP contribution >= 0.6 is 11.6 Å². The molecule has 2 aliphatic rings. The molecule has 3 aromatic rings. The first-order valence-corrected chi connectivity index (χ1v) is 13.5. The van der Waals surface area contributed by atoms with E-state index < -0.39 is 23.8 Å². The minimum Gasteiger partial charge on any atom is -0.489 e. The van der Waals surface area contributed by atoms with Crippen molar-refractivity contribution in [2.45, 2.75) is 56.8 Å². The Kier molecular flexibility index (Phi) is 8.08. The number of carbonyl (C=O) groups is 2. The summed E-state index contributed by atoms with van der Waals surface area (Å²) in [6.45, 7) is 2.27. The van der Waals surface area contributed by atoms with Gasteiger partial charge in [0.1, 0.15) is 11.9 Å². The average Bonchev–Trinajstić information content (AvgIpc) is 3.58. The molecule has 1 saturated heterocycles. The first-order chi connectivity index (χ1) is 18.0. The van der Waals surface area contributed by atoms with Gasteiger partial charge in [-0.2, -0.15) is 0 Å². The summed E-state index contributed by atoms with van der Waals surface area (Å²) in [5, 5.41) is 16.7. The third kappa shape index (κ3) is 6.69. The Morgan fingerprint density at radius 2 is 1.78 bits per heavy atom. The fourth-order valence-corrected chi connectivity index (χ4v) is 5.11. The Morgan fingerprint density at radius 3 is 2.51 bits per heavy atom. The van der Waals surface area contributed by atoms with Crippen molar-refractivity contribution in [2.24, 2.45) is 0 Å². The van der Waals surface area contributed by atoms with Crippen LogP contribution in [0.2, 0.25) is 5.02 Å². The first-order valence-electron chi connectivity index (χ1n) is 13.1. The molecule has 2 atom stereocenters. The van der Waals surface area contributed by atoms with E-state index in [0.717, 1.165) is 55.1 Å². The number of benzene rings is 3. The van der Waals surface area contributed by atoms with Crippen molar-refractivity contribution in [3.63, 3.8) is 0 Å². The van der Waals surface area contributed by atoms with Gasteiger partial charge in [0.05, 0.1) is 17.2 Å². The predicted octanol–water partition coefficient (Wildman–Crippen LogP) is 4.85. The minimum atomic E-state index is -1.01. The molecule has 2 unspecified atom stereocenters. The Bertz CT molecular complexity index is 1270. The van der Waals surface area contributed by atoms with Crippen molar-refractivity contribution in [3.05, 3.63) is 76.8 Å². The van der Waals surface area contributed by atoms with Crippen molar-refractivity contribution in [1.82, 2.24) is 10.2 Å². The maximum atomic E-state index is 12.9. The number of fused-ring (bicyclic) bond motifs is 1. The van der Waals surface area contributed by atoms with Gasteiger partial charge in [-0.3, -0.25) is 9.59 Å². The summed E-state index contributed by atoms with van der Waals surface area (Å²) in [6, 6.07) is 18.7. The summed E-state index contributed by atoms with van der Waals surface area (Å²) in [7, 11) is 0. The van der Waals surface area contributed by atoms with Gasteiger partial charge in [-0.1, -0.05) is 60.1 Å². The lowest BCUT2D eigenvalue weighted by Crippen LogP contribution is -2.48. The number of nitrogens with one attached hydrogen (secondary N) is 1. The number of carbonyl (C=O) groups excluding carboxylic acids is 2. The number of aliphatic hydroxyl groups excluding tert-OH is 1. The van der Waals surface area contributed by atoms with E-state index in [1.807, 2.05) is 36.4 Å². The number of nitrogens with zero attached hydrogens (tertiary/aromatic N) is 1. The molecule has 7 heteroatoms. The Morgan fingerprint density at radius 1 is 1.03 bits per heavy atom. The van der Waals surface area contributed by atoms with Gasteiger partial charge in [-0.25, -0.2) is 0 Å². The fraction of sp³-hybridized carbons (Fsp3) is 0.400. The van der Waals surface area contributed by atoms with Gasteiger partial charge in [0.2, 0.25) is 5.78 Å². The summed E-state index contributed by atoms with van der Waals surface area (Å²) in [5.41, 5.74) is 1.60. The molecule has 1 aliphatic heterocycles. The van der Waals surface area contributed by atoms with Gasteiger partial charge in [0.25, 0.3) is 5.91 Å². The van der Waals surface area contributed by atoms with Gasteiger partial charge < -0.3 is 20.1 Å². The summed E-state index contributed by atoms with van der Waals surface area (Å²) in [4.78, 5) is 27.9. The monoisotopic (exact) mass is 520 g/mol. The number of aryl methyl sites for hydroxylation is 1. The lowest BCUT2D eigenvalue weighted by molar-refractivity contribution is -0.139. The summed E-state index contributed by atoms with van der Waals surface area (Å²) < 4.78 is 5.81. The average molecular weight is 521 g/mol. The van der Waals surface area contributed by atoms with E-state index in [0.29, 0.717) is 29.3 Å². The van der Waals surface area contributed by atoms with Crippen LogP contribution in [0.5, 0.6) is 5.75 Å². The molecule has 1 saturated carbocycles. The molecule has 0 spiro atoms. The normalized spacial score (nSPS) is 17.5. The molecule has 1 aliphatic carbocycles. The highest BCUT2D eigenvalue weighted by molar-refractivity contribution is 6.36. The number of rotatable bonds is 11. The molecule has 0 aromatic heterocycles. The van der Waals surface area contributed by atoms with E-state index in [9.17, 15) is 14.7 Å². The van der Waals surface area contributed by atoms with Crippen LogP contribution in [-0.2, 0) is 16.0 Å². The van der Waals surface area contributed by atoms with Crippen LogP contribution in [0.15, 0.2) is 60.7 Å². The maximum absolute atomic E-state index is 12.9. The third-order valence-electron chi connectivity index (χ3n) is 7.17. The van der Waals surface area contributed by atoms with Crippen LogP contribution in [0.25, 0.3) is 10.8 Å². The molecule has 6 nitrogen and oxygen atoms in total. The molecule has 194 valence electrons. The molecule has 0 radical (unpaired) electrons. The molecule has 1 amide bonds. The number of Topliss-reactive ketones (excluding diaryl/α,β-unsaturated/α-hetero) is 1. The SMILES string of the molecule is O=C(CCc1ccc2ccccc2c1)C(=O)NC(CN1CCCC1)C(O)c1ccc(OC2CC2)c(Cl)c1. The van der Waals surface area contributed by atoms with Gasteiger partial charge in [-0.05, 0) is 79.2 Å². The van der Waals surface area contributed by atoms with Gasteiger partial charge >= 0.3 is 0 Å². The molecule has 1 heterocycles. The summed E-state index contributed by atoms with van der Waals surface area (Å²) in [5.74, 6) is -0.550. The standard InChI is InChI=1S/C30H33ClN2O4/c31-25-18-23(10-14-28(25)37-24-11-12-24)29(35)26(19-33-15-3-4-16-33)32-30(36)27(34)13-8-20-7-9-21-5-1-2-6-22(21)17-20/h1-2,5-7,9-10,14,17-18,24,26,29,35H,3-4,8,11-13,15-16,19H2,(H,32,36). The van der Waals surface area contributed by atoms with Crippen molar-refractivity contribution in [1.29, 1.82) is 0 Å². The van der Waals surface area contributed by atoms with E-state index >= 15 is 0 Å². The second kappa shape index (κ2) is 11.6. The van der Waals surface area contributed by atoms with E-state index in [1.54, 1.807) is 18.2 Å². The number of ether oxygens (including phenoxy) is 1. The second-order valence-electron chi connectivity index (χ2n) is 10.1. The quantitative estimate of drug-likeness (QED) is 0.353. The number of ketones is 1. The Balaban J connectivity index is 1.23. The van der Waals surface area contributed by atoms with Crippen LogP contribution in [0.3, 0.4) is 0 Å². The lowest BCUT2D eigenvalue weighted by atomic mass is 10.00. The third-order valence-corrected chi connectivity index (χ3v) is 7.47. The smallest absolute Gasteiger partial charge is 0.287 e. The molecule has 3 aromatic carbocycles. The zero-order chi connectivity index (χ0) is 25.8. The number of amides is 1. The molecular formula is C30H33ClN2O4. The number of hydrogen-bond acceptors (Lipinski definition) is 5. The van der Waals surface area contributed by atoms with E-state index in [1.165, 1.54) is 0 Å². The second-order valence-corrected chi connectivity index (χ2v) is 10.6. The van der Waals surface area contributed by atoms with Gasteiger partial charge in [0.15, 0.2) is 0 Å². The molecular weight excluding hydrogens is 488 g/mol. The van der Waals surface area contributed by atoms with E-state index in [2.05, 4.69) is 16.3 Å². The molecule has 2 N–H and O–H groups in total. The minimum absolute atomic E-state index is 0.107. The van der Waals surface area contributed by atoms with E-state index in [-0.39, 0.29) is 12.5 Å². The van der Waals surface area contributed by atoms with Crippen LogP contribution in [0.1, 0.15) is 49.3 Å². The zero-order valence-corrected chi connectivity index (χ0v) is 21.6. The fourth-order valence-electron chi connectivity index (χ4n) is 4.88. The topological polar surface area (TPSA) is 78.9 Å². The number of aliphatic hydroxyl groups is 1. The van der Waals surface area contributed by atoms with Crippen LogP contribution in [-0.4, -0.2) is 53.5 Å². The van der Waals surface area contributed by atoms with Crippen molar-refractivity contribution < 1.29 is 19.4 Å². The van der Waals surface area contributed by atoms with Gasteiger partial charge in [-0.15, -0.1) is 0 Å². The van der Waals surface area contributed by atoms with Crippen LogP contribution < -0.4 is 10.1 Å². The molecule has 2 fully saturated rings. The maximum Gasteiger partial charge on any atom is 0.287 e. The summed E-state index contributed by atoms with van der Waals surface area (Å²) in [6.07, 6.45) is 4.02. The molecule has 37 heavy (non-hydrogen) atoms. The Hall–Kier alpha value is -2.93. The van der Waals surface area contributed by atoms with Gasteiger partial charge in [0, 0.05) is 13.0 Å². The molecule has 0 bridgehead atoms. The highest BCUT2D eigenvalue weighted by Crippen LogP contribution is 2.34. The van der Waals surface area contributed by atoms with Crippen molar-refractivity contribution in [3.8, 4) is 5.75 Å². The number of halogens is 1. The molecule has 5 rings (SSSR count). The highest BCUT2D eigenvalue weighted by Gasteiger charge is 2.29. The van der Waals surface area contributed by atoms with E-state index in [4.69, 9.17) is 16.3 Å². The van der Waals surface area contributed by atoms with Crippen LogP contribution in [0.4, 0.5) is 0 Å². The number of likely N-dealkylation sites (tertiary alicyclic amines) is 1. The van der Waals surface area contributed by atoms with Crippen molar-refractivity contribution in [2.75, 3.05) is 19.6 Å². The zero-order valence-electron chi connectivity index (χ0n) is 20.9. The largest absolute Gasteiger partial charge is 0.489 e. The van der Waals surface area contributed by atoms with Crippen LogP contribution in [0, 0.1) is 0 Å². The Labute approximate surface area is 222 Å². The summed E-state index contributed by atoms with van der Waals surface area (Å²) >= 11 is 6.42.